The molecule has 0 bridgehead atoms. The van der Waals surface area contributed by atoms with Crippen LogP contribution in [-0.2, 0) is 14.8 Å². The van der Waals surface area contributed by atoms with E-state index in [2.05, 4.69) is 4.72 Å². The third-order valence-electron chi connectivity index (χ3n) is 2.20. The van der Waals surface area contributed by atoms with Gasteiger partial charge in [0.1, 0.15) is 11.8 Å². The van der Waals surface area contributed by atoms with E-state index in [1.165, 1.54) is 12.1 Å². The van der Waals surface area contributed by atoms with Crippen molar-refractivity contribution >= 4 is 16.0 Å². The van der Waals surface area contributed by atoms with Gasteiger partial charge in [0.15, 0.2) is 0 Å². The number of carboxylic acids is 1. The Hall–Kier alpha value is -1.34. The van der Waals surface area contributed by atoms with Gasteiger partial charge in [0, 0.05) is 0 Å². The van der Waals surface area contributed by atoms with Crippen LogP contribution in [0.5, 0.6) is 0 Å². The molecular weight excluding hydrogens is 246 g/mol. The first kappa shape index (κ1) is 13.7. The van der Waals surface area contributed by atoms with Crippen LogP contribution >= 0.6 is 0 Å². The molecule has 0 aliphatic rings. The summed E-state index contributed by atoms with van der Waals surface area (Å²) >= 11 is 0. The van der Waals surface area contributed by atoms with Crippen molar-refractivity contribution in [2.24, 2.45) is 5.92 Å². The van der Waals surface area contributed by atoms with Crippen LogP contribution < -0.4 is 4.72 Å². The van der Waals surface area contributed by atoms with E-state index >= 15 is 0 Å². The van der Waals surface area contributed by atoms with Crippen LogP contribution in [0.3, 0.4) is 0 Å². The van der Waals surface area contributed by atoms with E-state index in [0.29, 0.717) is 5.76 Å². The summed E-state index contributed by atoms with van der Waals surface area (Å²) in [6, 6.07) is 1.61. The van der Waals surface area contributed by atoms with Gasteiger partial charge >= 0.3 is 5.97 Å². The molecule has 0 spiro atoms. The highest BCUT2D eigenvalue weighted by molar-refractivity contribution is 7.89. The molecule has 0 aliphatic carbocycles. The zero-order valence-corrected chi connectivity index (χ0v) is 10.6. The molecule has 0 amide bonds. The average molecular weight is 261 g/mol. The lowest BCUT2D eigenvalue weighted by Crippen LogP contribution is -2.44. The fourth-order valence-electron chi connectivity index (χ4n) is 1.25. The van der Waals surface area contributed by atoms with Crippen molar-refractivity contribution in [3.8, 4) is 0 Å². The van der Waals surface area contributed by atoms with Gasteiger partial charge in [-0.2, -0.15) is 4.72 Å². The molecule has 1 aromatic rings. The van der Waals surface area contributed by atoms with Gasteiger partial charge in [0.25, 0.3) is 10.0 Å². The van der Waals surface area contributed by atoms with Crippen molar-refractivity contribution in [1.82, 2.24) is 4.72 Å². The van der Waals surface area contributed by atoms with E-state index in [-0.39, 0.29) is 11.0 Å². The molecule has 0 aliphatic heterocycles. The Morgan fingerprint density at radius 2 is 2.00 bits per heavy atom. The summed E-state index contributed by atoms with van der Waals surface area (Å²) in [6.45, 7) is 4.85. The molecule has 1 rings (SSSR count). The number of rotatable bonds is 5. The maximum absolute atomic E-state index is 11.8. The van der Waals surface area contributed by atoms with E-state index in [9.17, 15) is 13.2 Å². The lowest BCUT2D eigenvalue weighted by molar-refractivity contribution is -0.140. The molecule has 0 radical (unpaired) electrons. The standard InChI is InChI=1S/C10H15NO5S/c1-6(2)9(10(12)13)11-17(14,15)8-5-4-7(3)16-8/h4-6,9,11H,1-3H3,(H,12,13)/t9-/m0/s1. The summed E-state index contributed by atoms with van der Waals surface area (Å²) < 4.78 is 30.7. The highest BCUT2D eigenvalue weighted by Crippen LogP contribution is 2.14. The summed E-state index contributed by atoms with van der Waals surface area (Å²) in [6.07, 6.45) is 0. The van der Waals surface area contributed by atoms with Gasteiger partial charge in [-0.05, 0) is 25.0 Å². The average Bonchev–Trinajstić information content (AvgIpc) is 2.61. The topological polar surface area (TPSA) is 96.6 Å². The molecule has 6 nitrogen and oxygen atoms in total. The number of carboxylic acid groups (broad SMARTS) is 1. The minimum Gasteiger partial charge on any atom is -0.480 e. The van der Waals surface area contributed by atoms with Crippen molar-refractivity contribution in [3.05, 3.63) is 17.9 Å². The molecule has 2 N–H and O–H groups in total. The SMILES string of the molecule is Cc1ccc(S(=O)(=O)N[C@H](C(=O)O)C(C)C)o1. The number of furan rings is 1. The fourth-order valence-corrected chi connectivity index (χ4v) is 2.57. The van der Waals surface area contributed by atoms with Gasteiger partial charge in [-0.3, -0.25) is 4.79 Å². The molecule has 1 heterocycles. The number of aryl methyl sites for hydroxylation is 1. The molecule has 0 saturated carbocycles. The first-order valence-corrected chi connectivity index (χ1v) is 6.54. The second kappa shape index (κ2) is 4.89. The smallest absolute Gasteiger partial charge is 0.322 e. The molecule has 17 heavy (non-hydrogen) atoms. The first-order chi connectivity index (χ1) is 7.74. The van der Waals surface area contributed by atoms with Crippen molar-refractivity contribution in [2.75, 3.05) is 0 Å². The number of hydrogen-bond acceptors (Lipinski definition) is 4. The van der Waals surface area contributed by atoms with E-state index in [0.717, 1.165) is 0 Å². The molecule has 1 atom stereocenters. The maximum atomic E-state index is 11.8. The monoisotopic (exact) mass is 261 g/mol. The third-order valence-corrected chi connectivity index (χ3v) is 3.51. The minimum absolute atomic E-state index is 0.276. The van der Waals surface area contributed by atoms with Crippen molar-refractivity contribution < 1.29 is 22.7 Å². The maximum Gasteiger partial charge on any atom is 0.322 e. The quantitative estimate of drug-likeness (QED) is 0.823. The van der Waals surface area contributed by atoms with Crippen LogP contribution in [0.1, 0.15) is 19.6 Å². The Bertz CT molecular complexity index is 503. The number of nitrogens with one attached hydrogen (secondary N) is 1. The van der Waals surface area contributed by atoms with E-state index in [4.69, 9.17) is 9.52 Å². The summed E-state index contributed by atoms with van der Waals surface area (Å²) in [7, 11) is -3.93. The summed E-state index contributed by atoms with van der Waals surface area (Å²) in [5.74, 6) is -1.13. The zero-order chi connectivity index (χ0) is 13.2. The van der Waals surface area contributed by atoms with Gasteiger partial charge < -0.3 is 9.52 Å². The zero-order valence-electron chi connectivity index (χ0n) is 9.80. The Balaban J connectivity index is 2.97. The predicted octanol–water partition coefficient (Wildman–Crippen LogP) is 0.976. The van der Waals surface area contributed by atoms with Crippen LogP contribution in [0.15, 0.2) is 21.6 Å². The van der Waals surface area contributed by atoms with E-state index in [1.54, 1.807) is 20.8 Å². The van der Waals surface area contributed by atoms with Crippen molar-refractivity contribution in [1.29, 1.82) is 0 Å². The minimum atomic E-state index is -3.93. The molecule has 0 unspecified atom stereocenters. The van der Waals surface area contributed by atoms with Crippen LogP contribution in [0, 0.1) is 12.8 Å². The normalized spacial score (nSPS) is 13.9. The van der Waals surface area contributed by atoms with Gasteiger partial charge in [-0.1, -0.05) is 13.8 Å². The second-order valence-electron chi connectivity index (χ2n) is 4.05. The molecular formula is C10H15NO5S. The van der Waals surface area contributed by atoms with Crippen molar-refractivity contribution in [3.63, 3.8) is 0 Å². The van der Waals surface area contributed by atoms with Gasteiger partial charge in [-0.25, -0.2) is 8.42 Å². The number of sulfonamides is 1. The Morgan fingerprint density at radius 3 is 2.35 bits per heavy atom. The van der Waals surface area contributed by atoms with Crippen LogP contribution in [0.2, 0.25) is 0 Å². The molecule has 0 aromatic carbocycles. The summed E-state index contributed by atoms with van der Waals surface area (Å²) in [4.78, 5) is 10.9. The van der Waals surface area contributed by atoms with Crippen molar-refractivity contribution in [2.45, 2.75) is 31.9 Å². The Morgan fingerprint density at radius 1 is 1.41 bits per heavy atom. The summed E-state index contributed by atoms with van der Waals surface area (Å²) in [5.41, 5.74) is 0. The predicted molar refractivity (Wildman–Crippen MR) is 60.0 cm³/mol. The summed E-state index contributed by atoms with van der Waals surface area (Å²) in [5, 5.41) is 8.63. The highest BCUT2D eigenvalue weighted by atomic mass is 32.2. The van der Waals surface area contributed by atoms with E-state index < -0.39 is 22.0 Å². The number of hydrogen-bond donors (Lipinski definition) is 2. The van der Waals surface area contributed by atoms with Crippen LogP contribution in [0.25, 0.3) is 0 Å². The lowest BCUT2D eigenvalue weighted by Gasteiger charge is -2.16. The molecule has 0 fully saturated rings. The van der Waals surface area contributed by atoms with Gasteiger partial charge in [0.05, 0.1) is 0 Å². The Labute approximate surface area is 99.7 Å². The lowest BCUT2D eigenvalue weighted by atomic mass is 10.1. The highest BCUT2D eigenvalue weighted by Gasteiger charge is 2.29. The van der Waals surface area contributed by atoms with Gasteiger partial charge in [0.2, 0.25) is 5.09 Å². The fraction of sp³-hybridized carbons (Fsp3) is 0.500. The van der Waals surface area contributed by atoms with Gasteiger partial charge in [-0.15, -0.1) is 0 Å². The molecule has 7 heteroatoms. The number of carbonyl (C=O) groups is 1. The molecule has 0 saturated heterocycles. The molecule has 1 aromatic heterocycles. The third kappa shape index (κ3) is 3.31. The van der Waals surface area contributed by atoms with E-state index in [1.807, 2.05) is 0 Å². The first-order valence-electron chi connectivity index (χ1n) is 5.05. The Kier molecular flexibility index (Phi) is 3.94. The molecule has 96 valence electrons. The van der Waals surface area contributed by atoms with Crippen LogP contribution in [-0.4, -0.2) is 25.5 Å². The second-order valence-corrected chi connectivity index (χ2v) is 5.69. The number of aliphatic carboxylic acids is 1. The largest absolute Gasteiger partial charge is 0.480 e. The van der Waals surface area contributed by atoms with Crippen LogP contribution in [0.4, 0.5) is 0 Å².